The number of phenols is 1. The Hall–Kier alpha value is -2.29. The number of benzene rings is 2. The highest BCUT2D eigenvalue weighted by Gasteiger charge is 2.29. The molecule has 35 heavy (non-hydrogen) atoms. The Labute approximate surface area is 213 Å². The SMILES string of the molecule is Cc1ccc(S(=O)(=O)OCCN2CS/C(=C\c3cc(C(C)(C)C)c(O)c(C(C)(C)C)c3)C2=O)cc1. The Kier molecular flexibility index (Phi) is 7.79. The summed E-state index contributed by atoms with van der Waals surface area (Å²) in [6.45, 7) is 14.2. The molecule has 1 fully saturated rings. The number of nitrogens with zero attached hydrogens (tertiary/aromatic N) is 1. The van der Waals surface area contributed by atoms with Gasteiger partial charge in [-0.3, -0.25) is 8.98 Å². The van der Waals surface area contributed by atoms with Crippen LogP contribution in [0.1, 0.15) is 63.8 Å². The van der Waals surface area contributed by atoms with Crippen molar-refractivity contribution >= 4 is 33.9 Å². The van der Waals surface area contributed by atoms with Crippen molar-refractivity contribution in [3.63, 3.8) is 0 Å². The van der Waals surface area contributed by atoms with Crippen molar-refractivity contribution in [2.75, 3.05) is 19.0 Å². The van der Waals surface area contributed by atoms with Gasteiger partial charge in [-0.1, -0.05) is 71.0 Å². The summed E-state index contributed by atoms with van der Waals surface area (Å²) < 4.78 is 30.0. The first kappa shape index (κ1) is 27.3. The number of thioether (sulfide) groups is 1. The molecule has 0 atom stereocenters. The Morgan fingerprint density at radius 1 is 1.03 bits per heavy atom. The van der Waals surface area contributed by atoms with Crippen LogP contribution in [-0.4, -0.2) is 43.4 Å². The molecule has 0 unspecified atom stereocenters. The van der Waals surface area contributed by atoms with Crippen LogP contribution in [0.4, 0.5) is 0 Å². The summed E-state index contributed by atoms with van der Waals surface area (Å²) >= 11 is 1.41. The van der Waals surface area contributed by atoms with Crippen molar-refractivity contribution < 1.29 is 22.5 Å². The lowest BCUT2D eigenvalue weighted by atomic mass is 9.78. The first-order chi connectivity index (χ1) is 16.1. The highest BCUT2D eigenvalue weighted by Crippen LogP contribution is 2.41. The van der Waals surface area contributed by atoms with Crippen molar-refractivity contribution in [2.45, 2.75) is 64.2 Å². The number of rotatable bonds is 6. The summed E-state index contributed by atoms with van der Waals surface area (Å²) in [6, 6.07) is 10.3. The average molecular weight is 518 g/mol. The molecule has 190 valence electrons. The summed E-state index contributed by atoms with van der Waals surface area (Å²) in [5, 5.41) is 10.9. The number of hydrogen-bond donors (Lipinski definition) is 1. The fourth-order valence-electron chi connectivity index (χ4n) is 3.76. The monoisotopic (exact) mass is 517 g/mol. The maximum Gasteiger partial charge on any atom is 0.297 e. The topological polar surface area (TPSA) is 83.9 Å². The fourth-order valence-corrected chi connectivity index (χ4v) is 5.67. The molecule has 1 aliphatic rings. The third-order valence-electron chi connectivity index (χ3n) is 5.83. The fraction of sp³-hybridized carbons (Fsp3) is 0.444. The average Bonchev–Trinajstić information content (AvgIpc) is 3.07. The molecule has 1 heterocycles. The van der Waals surface area contributed by atoms with E-state index in [0.29, 0.717) is 16.5 Å². The van der Waals surface area contributed by atoms with Gasteiger partial charge in [-0.15, -0.1) is 0 Å². The highest BCUT2D eigenvalue weighted by atomic mass is 32.2. The highest BCUT2D eigenvalue weighted by molar-refractivity contribution is 8.04. The predicted octanol–water partition coefficient (Wildman–Crippen LogP) is 5.57. The second-order valence-corrected chi connectivity index (χ2v) is 13.5. The number of phenolic OH excluding ortho intramolecular Hbond substituents is 1. The first-order valence-electron chi connectivity index (χ1n) is 11.6. The standard InChI is InChI=1S/C27H35NO5S2/c1-18-8-10-20(11-9-18)35(31,32)33-13-12-28-17-34-23(25(28)30)16-19-14-21(26(2,3)4)24(29)22(15-19)27(5,6)7/h8-11,14-16,29H,12-13,17H2,1-7H3/b23-16-. The Bertz CT molecular complexity index is 1200. The van der Waals surface area contributed by atoms with Gasteiger partial charge in [-0.2, -0.15) is 8.42 Å². The van der Waals surface area contributed by atoms with E-state index < -0.39 is 10.1 Å². The normalized spacial score (nSPS) is 16.4. The zero-order chi connectivity index (χ0) is 26.2. The maximum atomic E-state index is 13.0. The molecule has 0 aliphatic carbocycles. The number of amides is 1. The molecule has 0 aromatic heterocycles. The number of aromatic hydroxyl groups is 1. The molecule has 0 spiro atoms. The number of aryl methyl sites for hydroxylation is 1. The van der Waals surface area contributed by atoms with Gasteiger partial charge in [0.2, 0.25) is 0 Å². The van der Waals surface area contributed by atoms with Crippen LogP contribution in [0.25, 0.3) is 6.08 Å². The molecule has 1 saturated heterocycles. The van der Waals surface area contributed by atoms with E-state index in [-0.39, 0.29) is 34.8 Å². The lowest BCUT2D eigenvalue weighted by Crippen LogP contribution is -2.29. The third-order valence-corrected chi connectivity index (χ3v) is 8.20. The number of carbonyl (C=O) groups is 1. The largest absolute Gasteiger partial charge is 0.507 e. The summed E-state index contributed by atoms with van der Waals surface area (Å²) in [7, 11) is -3.87. The van der Waals surface area contributed by atoms with Gasteiger partial charge in [0, 0.05) is 17.7 Å². The minimum atomic E-state index is -3.87. The van der Waals surface area contributed by atoms with Gasteiger partial charge in [0.15, 0.2) is 0 Å². The van der Waals surface area contributed by atoms with Gasteiger partial charge < -0.3 is 10.0 Å². The number of carbonyl (C=O) groups excluding carboxylic acids is 1. The van der Waals surface area contributed by atoms with E-state index in [0.717, 1.165) is 22.3 Å². The summed E-state index contributed by atoms with van der Waals surface area (Å²) in [5.41, 5.74) is 2.95. The summed E-state index contributed by atoms with van der Waals surface area (Å²) in [4.78, 5) is 15.2. The van der Waals surface area contributed by atoms with Gasteiger partial charge in [0.05, 0.1) is 22.3 Å². The maximum absolute atomic E-state index is 13.0. The van der Waals surface area contributed by atoms with E-state index in [1.165, 1.54) is 23.9 Å². The minimum absolute atomic E-state index is 0.0995. The van der Waals surface area contributed by atoms with Gasteiger partial charge in [0.1, 0.15) is 5.75 Å². The van der Waals surface area contributed by atoms with Crippen LogP contribution < -0.4 is 0 Å². The molecule has 1 aliphatic heterocycles. The van der Waals surface area contributed by atoms with Crippen LogP contribution in [0.2, 0.25) is 0 Å². The molecular formula is C27H35NO5S2. The molecule has 2 aromatic carbocycles. The smallest absolute Gasteiger partial charge is 0.297 e. The van der Waals surface area contributed by atoms with Crippen LogP contribution in [-0.2, 0) is 29.9 Å². The molecule has 6 nitrogen and oxygen atoms in total. The van der Waals surface area contributed by atoms with Crippen LogP contribution >= 0.6 is 11.8 Å². The lowest BCUT2D eigenvalue weighted by molar-refractivity contribution is -0.125. The molecule has 3 rings (SSSR count). The van der Waals surface area contributed by atoms with E-state index in [1.54, 1.807) is 17.0 Å². The van der Waals surface area contributed by atoms with E-state index in [2.05, 4.69) is 0 Å². The zero-order valence-corrected chi connectivity index (χ0v) is 23.1. The third kappa shape index (κ3) is 6.48. The predicted molar refractivity (Wildman–Crippen MR) is 142 cm³/mol. The zero-order valence-electron chi connectivity index (χ0n) is 21.5. The molecule has 1 N–H and O–H groups in total. The van der Waals surface area contributed by atoms with Gasteiger partial charge in [-0.05, 0) is 53.7 Å². The van der Waals surface area contributed by atoms with Gasteiger partial charge in [-0.25, -0.2) is 0 Å². The van der Waals surface area contributed by atoms with E-state index in [1.807, 2.05) is 66.7 Å². The van der Waals surface area contributed by atoms with E-state index >= 15 is 0 Å². The van der Waals surface area contributed by atoms with E-state index in [9.17, 15) is 18.3 Å². The van der Waals surface area contributed by atoms with Crippen LogP contribution in [0, 0.1) is 6.92 Å². The molecule has 2 aromatic rings. The molecule has 0 bridgehead atoms. The molecule has 0 saturated carbocycles. The van der Waals surface area contributed by atoms with Crippen molar-refractivity contribution in [2.24, 2.45) is 0 Å². The van der Waals surface area contributed by atoms with Gasteiger partial charge >= 0.3 is 0 Å². The summed E-state index contributed by atoms with van der Waals surface area (Å²) in [6.07, 6.45) is 1.85. The van der Waals surface area contributed by atoms with E-state index in [4.69, 9.17) is 4.18 Å². The first-order valence-corrected chi connectivity index (χ1v) is 14.0. The van der Waals surface area contributed by atoms with Gasteiger partial charge in [0.25, 0.3) is 16.0 Å². The Balaban J connectivity index is 1.75. The summed E-state index contributed by atoms with van der Waals surface area (Å²) in [5.74, 6) is 0.565. The van der Waals surface area contributed by atoms with Crippen LogP contribution in [0.5, 0.6) is 5.75 Å². The van der Waals surface area contributed by atoms with Crippen LogP contribution in [0.15, 0.2) is 46.2 Å². The van der Waals surface area contributed by atoms with Crippen molar-refractivity contribution in [3.8, 4) is 5.75 Å². The minimum Gasteiger partial charge on any atom is -0.507 e. The van der Waals surface area contributed by atoms with Crippen molar-refractivity contribution in [3.05, 3.63) is 63.6 Å². The lowest BCUT2D eigenvalue weighted by Gasteiger charge is -2.28. The second kappa shape index (κ2) is 9.99. The van der Waals surface area contributed by atoms with Crippen molar-refractivity contribution in [1.82, 2.24) is 4.90 Å². The Morgan fingerprint density at radius 3 is 2.09 bits per heavy atom. The van der Waals surface area contributed by atoms with Crippen molar-refractivity contribution in [1.29, 1.82) is 0 Å². The van der Waals surface area contributed by atoms with Crippen LogP contribution in [0.3, 0.4) is 0 Å². The second-order valence-electron chi connectivity index (χ2n) is 10.9. The Morgan fingerprint density at radius 2 is 1.57 bits per heavy atom. The molecule has 1 amide bonds. The quantitative estimate of drug-likeness (QED) is 0.398. The molecule has 0 radical (unpaired) electrons. The molecule has 8 heteroatoms. The number of hydrogen-bond acceptors (Lipinski definition) is 6. The molecular weight excluding hydrogens is 482 g/mol.